The van der Waals surface area contributed by atoms with E-state index in [0.717, 1.165) is 6.20 Å². The molecule has 1 unspecified atom stereocenters. The van der Waals surface area contributed by atoms with E-state index in [4.69, 9.17) is 4.52 Å². The van der Waals surface area contributed by atoms with E-state index < -0.39 is 17.8 Å². The molecule has 1 aliphatic rings. The Kier molecular flexibility index (Phi) is 5.29. The van der Waals surface area contributed by atoms with Crippen LogP contribution in [0.3, 0.4) is 0 Å². The van der Waals surface area contributed by atoms with Crippen molar-refractivity contribution in [2.75, 3.05) is 11.4 Å². The van der Waals surface area contributed by atoms with Gasteiger partial charge in [0.25, 0.3) is 0 Å². The molecule has 11 heteroatoms. The Balaban J connectivity index is 1.56. The zero-order valence-electron chi connectivity index (χ0n) is 17.2. The molecule has 4 heterocycles. The molecule has 0 bridgehead atoms. The first kappa shape index (κ1) is 20.7. The fourth-order valence-electron chi connectivity index (χ4n) is 3.95. The lowest BCUT2D eigenvalue weighted by Gasteiger charge is -2.22. The standard InChI is InChI=1S/C22H18F2N6O3/c23-14-5-2-1-4-13(14)12-30-19(16-7-9-33-28-16)10-17(27-30)20-25-11-15(24)21(26-20)29-8-3-6-18(29)22(31)32/h1-2,4-5,7,9-11,18H,3,6,8,12H2,(H,31,32). The van der Waals surface area contributed by atoms with Crippen molar-refractivity contribution >= 4 is 11.8 Å². The molecule has 33 heavy (non-hydrogen) atoms. The van der Waals surface area contributed by atoms with Crippen LogP contribution in [-0.4, -0.2) is 48.6 Å². The average molecular weight is 452 g/mol. The highest BCUT2D eigenvalue weighted by Crippen LogP contribution is 2.30. The van der Waals surface area contributed by atoms with Gasteiger partial charge in [0.2, 0.25) is 0 Å². The number of hydrogen-bond donors (Lipinski definition) is 1. The van der Waals surface area contributed by atoms with Gasteiger partial charge in [-0.15, -0.1) is 0 Å². The lowest BCUT2D eigenvalue weighted by atomic mass is 10.2. The van der Waals surface area contributed by atoms with Crippen molar-refractivity contribution in [3.05, 3.63) is 66.1 Å². The molecule has 1 aliphatic heterocycles. The number of aromatic nitrogens is 5. The van der Waals surface area contributed by atoms with E-state index >= 15 is 0 Å². The highest BCUT2D eigenvalue weighted by Gasteiger charge is 2.33. The molecule has 1 atom stereocenters. The lowest BCUT2D eigenvalue weighted by molar-refractivity contribution is -0.138. The molecule has 1 saturated heterocycles. The lowest BCUT2D eigenvalue weighted by Crippen LogP contribution is -2.37. The third-order valence-electron chi connectivity index (χ3n) is 5.52. The van der Waals surface area contributed by atoms with Gasteiger partial charge in [0, 0.05) is 18.2 Å². The molecule has 9 nitrogen and oxygen atoms in total. The van der Waals surface area contributed by atoms with Gasteiger partial charge in [-0.1, -0.05) is 23.4 Å². The Morgan fingerprint density at radius 2 is 2.03 bits per heavy atom. The van der Waals surface area contributed by atoms with Gasteiger partial charge in [-0.25, -0.2) is 23.5 Å². The van der Waals surface area contributed by atoms with E-state index in [9.17, 15) is 18.7 Å². The molecule has 4 aromatic rings. The first-order valence-electron chi connectivity index (χ1n) is 10.3. The fourth-order valence-corrected chi connectivity index (χ4v) is 3.95. The van der Waals surface area contributed by atoms with Crippen LogP contribution in [0.4, 0.5) is 14.6 Å². The van der Waals surface area contributed by atoms with E-state index in [1.165, 1.54) is 21.9 Å². The normalized spacial score (nSPS) is 15.8. The number of aliphatic carboxylic acids is 1. The third-order valence-corrected chi connectivity index (χ3v) is 5.52. The Hall–Kier alpha value is -4.15. The Labute approximate surface area is 186 Å². The quantitative estimate of drug-likeness (QED) is 0.474. The highest BCUT2D eigenvalue weighted by atomic mass is 19.1. The van der Waals surface area contributed by atoms with E-state index in [-0.39, 0.29) is 24.0 Å². The number of benzene rings is 1. The molecule has 0 amide bonds. The van der Waals surface area contributed by atoms with E-state index in [1.54, 1.807) is 30.3 Å². The second-order valence-electron chi connectivity index (χ2n) is 7.60. The molecule has 0 aliphatic carbocycles. The molecule has 1 fully saturated rings. The topological polar surface area (TPSA) is 110 Å². The zero-order chi connectivity index (χ0) is 22.9. The van der Waals surface area contributed by atoms with Gasteiger partial charge in [0.05, 0.1) is 18.4 Å². The van der Waals surface area contributed by atoms with Crippen molar-refractivity contribution in [1.29, 1.82) is 0 Å². The van der Waals surface area contributed by atoms with Crippen molar-refractivity contribution in [3.8, 4) is 22.9 Å². The molecule has 168 valence electrons. The first-order chi connectivity index (χ1) is 16.0. The minimum Gasteiger partial charge on any atom is -0.480 e. The van der Waals surface area contributed by atoms with Crippen LogP contribution in [0.25, 0.3) is 22.9 Å². The summed E-state index contributed by atoms with van der Waals surface area (Å²) < 4.78 is 35.3. The largest absolute Gasteiger partial charge is 0.480 e. The van der Waals surface area contributed by atoms with Gasteiger partial charge < -0.3 is 14.5 Å². The van der Waals surface area contributed by atoms with Crippen molar-refractivity contribution < 1.29 is 23.2 Å². The van der Waals surface area contributed by atoms with E-state index in [2.05, 4.69) is 20.2 Å². The van der Waals surface area contributed by atoms with Gasteiger partial charge in [-0.3, -0.25) is 4.68 Å². The summed E-state index contributed by atoms with van der Waals surface area (Å²) in [4.78, 5) is 21.3. The van der Waals surface area contributed by atoms with Gasteiger partial charge >= 0.3 is 5.97 Å². The maximum atomic E-state index is 14.6. The fraction of sp³-hybridized carbons (Fsp3) is 0.227. The molecule has 1 N–H and O–H groups in total. The number of carboxylic acids is 1. The maximum absolute atomic E-state index is 14.6. The number of anilines is 1. The number of halogens is 2. The summed E-state index contributed by atoms with van der Waals surface area (Å²) in [7, 11) is 0. The van der Waals surface area contributed by atoms with Crippen LogP contribution in [0, 0.1) is 11.6 Å². The minimum atomic E-state index is -1.03. The van der Waals surface area contributed by atoms with Crippen LogP contribution in [-0.2, 0) is 11.3 Å². The van der Waals surface area contributed by atoms with Crippen LogP contribution in [0.1, 0.15) is 18.4 Å². The molecular formula is C22H18F2N6O3. The monoisotopic (exact) mass is 452 g/mol. The molecule has 0 saturated carbocycles. The zero-order valence-corrected chi connectivity index (χ0v) is 17.2. The molecule has 0 spiro atoms. The molecule has 3 aromatic heterocycles. The Morgan fingerprint density at radius 1 is 1.18 bits per heavy atom. The van der Waals surface area contributed by atoms with Gasteiger partial charge in [0.15, 0.2) is 17.5 Å². The van der Waals surface area contributed by atoms with Gasteiger partial charge in [-0.2, -0.15) is 5.10 Å². The van der Waals surface area contributed by atoms with Crippen LogP contribution < -0.4 is 4.90 Å². The summed E-state index contributed by atoms with van der Waals surface area (Å²) >= 11 is 0. The molecule has 0 radical (unpaired) electrons. The van der Waals surface area contributed by atoms with E-state index in [1.807, 2.05) is 0 Å². The second kappa shape index (κ2) is 8.41. The SMILES string of the molecule is O=C(O)C1CCCN1c1nc(-c2cc(-c3ccon3)n(Cc3ccccc3F)n2)ncc1F. The summed E-state index contributed by atoms with van der Waals surface area (Å²) in [6, 6.07) is 8.76. The predicted octanol–water partition coefficient (Wildman–Crippen LogP) is 3.38. The molecule has 1 aromatic carbocycles. The van der Waals surface area contributed by atoms with Crippen molar-refractivity contribution in [2.24, 2.45) is 0 Å². The highest BCUT2D eigenvalue weighted by molar-refractivity contribution is 5.78. The number of carbonyl (C=O) groups is 1. The van der Waals surface area contributed by atoms with Crippen LogP contribution in [0.2, 0.25) is 0 Å². The summed E-state index contributed by atoms with van der Waals surface area (Å²) in [6.45, 7) is 0.479. The number of carboxylic acid groups (broad SMARTS) is 1. The van der Waals surface area contributed by atoms with Crippen LogP contribution >= 0.6 is 0 Å². The van der Waals surface area contributed by atoms with E-state index in [0.29, 0.717) is 42.0 Å². The van der Waals surface area contributed by atoms with Crippen molar-refractivity contribution in [2.45, 2.75) is 25.4 Å². The third kappa shape index (κ3) is 3.93. The van der Waals surface area contributed by atoms with Crippen molar-refractivity contribution in [1.82, 2.24) is 24.9 Å². The summed E-state index contributed by atoms with van der Waals surface area (Å²) in [5.74, 6) is -2.10. The van der Waals surface area contributed by atoms with Gasteiger partial charge in [0.1, 0.15) is 29.5 Å². The minimum absolute atomic E-state index is 0.0865. The summed E-state index contributed by atoms with van der Waals surface area (Å²) in [5, 5.41) is 17.9. The number of nitrogens with zero attached hydrogens (tertiary/aromatic N) is 6. The maximum Gasteiger partial charge on any atom is 0.326 e. The van der Waals surface area contributed by atoms with Gasteiger partial charge in [-0.05, 0) is 25.0 Å². The van der Waals surface area contributed by atoms with Crippen LogP contribution in [0.5, 0.6) is 0 Å². The first-order valence-corrected chi connectivity index (χ1v) is 10.3. The molecule has 5 rings (SSSR count). The number of hydrogen-bond acceptors (Lipinski definition) is 7. The smallest absolute Gasteiger partial charge is 0.326 e. The van der Waals surface area contributed by atoms with Crippen LogP contribution in [0.15, 0.2) is 53.4 Å². The predicted molar refractivity (Wildman–Crippen MR) is 112 cm³/mol. The second-order valence-corrected chi connectivity index (χ2v) is 7.60. The Morgan fingerprint density at radius 3 is 2.79 bits per heavy atom. The number of rotatable bonds is 6. The van der Waals surface area contributed by atoms with Crippen molar-refractivity contribution in [3.63, 3.8) is 0 Å². The summed E-state index contributed by atoms with van der Waals surface area (Å²) in [6.07, 6.45) is 3.42. The molecular weight excluding hydrogens is 434 g/mol. The summed E-state index contributed by atoms with van der Waals surface area (Å²) in [5.41, 5.74) is 1.72. The Bertz CT molecular complexity index is 1310. The average Bonchev–Trinajstić information content (AvgIpc) is 3.56.